The summed E-state index contributed by atoms with van der Waals surface area (Å²) >= 11 is 17.2. The predicted molar refractivity (Wildman–Crippen MR) is 74.3 cm³/mol. The first-order chi connectivity index (χ1) is 8.10. The maximum absolute atomic E-state index is 6.15. The zero-order valence-corrected chi connectivity index (χ0v) is 11.5. The van der Waals surface area contributed by atoms with E-state index in [0.717, 1.165) is 23.5 Å². The molecule has 2 nitrogen and oxygen atoms in total. The molecule has 1 heterocycles. The maximum atomic E-state index is 6.15. The second-order valence-corrected chi connectivity index (χ2v) is 4.82. The minimum atomic E-state index is 0.548. The zero-order chi connectivity index (χ0) is 12.4. The lowest BCUT2D eigenvalue weighted by Gasteiger charge is -2.07. The lowest BCUT2D eigenvalue weighted by atomic mass is 10.1. The Hall–Kier alpha value is -0.900. The normalized spacial score (nSPS) is 10.5. The Labute approximate surface area is 115 Å². The molecule has 1 aromatic heterocycles. The first-order valence-corrected chi connectivity index (χ1v) is 6.32. The van der Waals surface area contributed by atoms with E-state index in [-0.39, 0.29) is 0 Å². The van der Waals surface area contributed by atoms with E-state index in [0.29, 0.717) is 14.7 Å². The maximum Gasteiger partial charge on any atom is 0.130 e. The van der Waals surface area contributed by atoms with Crippen molar-refractivity contribution in [2.24, 2.45) is 0 Å². The second-order valence-electron chi connectivity index (χ2n) is 3.56. The summed E-state index contributed by atoms with van der Waals surface area (Å²) in [5, 5.41) is 1.27. The van der Waals surface area contributed by atoms with Crippen LogP contribution in [-0.4, -0.2) is 9.97 Å². The monoisotopic (exact) mass is 284 g/mol. The van der Waals surface area contributed by atoms with Crippen LogP contribution in [-0.2, 0) is 6.42 Å². The lowest BCUT2D eigenvalue weighted by molar-refractivity contribution is 0.936. The molecule has 0 radical (unpaired) electrons. The minimum Gasteiger partial charge on any atom is -0.343 e. The van der Waals surface area contributed by atoms with Crippen LogP contribution in [0.3, 0.4) is 0 Å². The van der Waals surface area contributed by atoms with E-state index < -0.39 is 0 Å². The third-order valence-electron chi connectivity index (χ3n) is 2.35. The predicted octanol–water partition coefficient (Wildman–Crippen LogP) is 4.68. The SMILES string of the molecule is CCc1nc(=S)cc(-c2cc(Cl)ccc2Cl)[nH]1. The number of hydrogen-bond acceptors (Lipinski definition) is 2. The van der Waals surface area contributed by atoms with E-state index in [1.165, 1.54) is 0 Å². The number of aromatic nitrogens is 2. The Bertz CT molecular complexity index is 608. The van der Waals surface area contributed by atoms with Gasteiger partial charge in [-0.1, -0.05) is 42.3 Å². The number of nitrogens with zero attached hydrogens (tertiary/aromatic N) is 1. The molecule has 0 saturated carbocycles. The van der Waals surface area contributed by atoms with Gasteiger partial charge in [0.1, 0.15) is 10.5 Å². The molecule has 2 aromatic rings. The molecule has 1 N–H and O–H groups in total. The van der Waals surface area contributed by atoms with Crippen molar-refractivity contribution >= 4 is 35.4 Å². The summed E-state index contributed by atoms with van der Waals surface area (Å²) in [5.74, 6) is 0.837. The first-order valence-electron chi connectivity index (χ1n) is 5.16. The van der Waals surface area contributed by atoms with Gasteiger partial charge < -0.3 is 4.98 Å². The van der Waals surface area contributed by atoms with Crippen molar-refractivity contribution in [2.45, 2.75) is 13.3 Å². The molecule has 0 unspecified atom stereocenters. The molecule has 0 amide bonds. The van der Waals surface area contributed by atoms with Crippen molar-refractivity contribution in [3.05, 3.63) is 44.8 Å². The van der Waals surface area contributed by atoms with Gasteiger partial charge >= 0.3 is 0 Å². The number of hydrogen-bond donors (Lipinski definition) is 1. The fourth-order valence-electron chi connectivity index (χ4n) is 1.52. The molecule has 0 bridgehead atoms. The van der Waals surface area contributed by atoms with Gasteiger partial charge in [-0.2, -0.15) is 0 Å². The van der Waals surface area contributed by atoms with Crippen molar-refractivity contribution in [1.29, 1.82) is 0 Å². The molecule has 0 spiro atoms. The summed E-state index contributed by atoms with van der Waals surface area (Å²) in [6.45, 7) is 2.01. The van der Waals surface area contributed by atoms with Crippen molar-refractivity contribution < 1.29 is 0 Å². The molecule has 1 aromatic carbocycles. The highest BCUT2D eigenvalue weighted by Crippen LogP contribution is 2.29. The van der Waals surface area contributed by atoms with Crippen molar-refractivity contribution in [2.75, 3.05) is 0 Å². The van der Waals surface area contributed by atoms with E-state index >= 15 is 0 Å². The first kappa shape index (κ1) is 12.6. The van der Waals surface area contributed by atoms with Gasteiger partial charge in [-0.25, -0.2) is 4.98 Å². The van der Waals surface area contributed by atoms with Crippen LogP contribution < -0.4 is 0 Å². The summed E-state index contributed by atoms with van der Waals surface area (Å²) < 4.78 is 0.548. The number of benzene rings is 1. The van der Waals surface area contributed by atoms with Gasteiger partial charge in [0.2, 0.25) is 0 Å². The fourth-order valence-corrected chi connectivity index (χ4v) is 2.14. The molecule has 0 aliphatic heterocycles. The van der Waals surface area contributed by atoms with E-state index in [9.17, 15) is 0 Å². The molecule has 5 heteroatoms. The standard InChI is InChI=1S/C12H10Cl2N2S/c1-2-11-15-10(6-12(17)16-11)8-5-7(13)3-4-9(8)14/h3-6H,2H2,1H3,(H,15,16,17). The molecule has 0 aliphatic carbocycles. The topological polar surface area (TPSA) is 28.7 Å². The number of aryl methyl sites for hydroxylation is 1. The van der Waals surface area contributed by atoms with Gasteiger partial charge in [-0.05, 0) is 24.3 Å². The van der Waals surface area contributed by atoms with Crippen LogP contribution >= 0.6 is 35.4 Å². The van der Waals surface area contributed by atoms with Crippen LogP contribution in [0.15, 0.2) is 24.3 Å². The molecule has 0 atom stereocenters. The van der Waals surface area contributed by atoms with Crippen LogP contribution in [0, 0.1) is 4.64 Å². The lowest BCUT2D eigenvalue weighted by Crippen LogP contribution is -1.95. The summed E-state index contributed by atoms with van der Waals surface area (Å²) in [4.78, 5) is 7.41. The van der Waals surface area contributed by atoms with E-state index in [1.54, 1.807) is 18.2 Å². The Morgan fingerprint density at radius 2 is 2.06 bits per heavy atom. The number of rotatable bonds is 2. The number of halogens is 2. The van der Waals surface area contributed by atoms with Crippen LogP contribution in [0.5, 0.6) is 0 Å². The third-order valence-corrected chi connectivity index (χ3v) is 3.12. The minimum absolute atomic E-state index is 0.548. The quantitative estimate of drug-likeness (QED) is 0.812. The smallest absolute Gasteiger partial charge is 0.130 e. The largest absolute Gasteiger partial charge is 0.343 e. The van der Waals surface area contributed by atoms with Gasteiger partial charge in [0.05, 0.1) is 5.69 Å². The van der Waals surface area contributed by atoms with Gasteiger partial charge in [-0.15, -0.1) is 0 Å². The molecule has 0 fully saturated rings. The average Bonchev–Trinajstić information content (AvgIpc) is 2.31. The van der Waals surface area contributed by atoms with Gasteiger partial charge in [-0.3, -0.25) is 0 Å². The molecular formula is C12H10Cl2N2S. The highest BCUT2D eigenvalue weighted by atomic mass is 35.5. The van der Waals surface area contributed by atoms with E-state index in [4.69, 9.17) is 35.4 Å². The molecule has 17 heavy (non-hydrogen) atoms. The van der Waals surface area contributed by atoms with Gasteiger partial charge in [0.15, 0.2) is 0 Å². The van der Waals surface area contributed by atoms with Gasteiger partial charge in [0, 0.05) is 22.0 Å². The highest BCUT2D eigenvalue weighted by Gasteiger charge is 2.06. The Morgan fingerprint density at radius 3 is 2.76 bits per heavy atom. The second kappa shape index (κ2) is 5.17. The fraction of sp³-hybridized carbons (Fsp3) is 0.167. The van der Waals surface area contributed by atoms with Crippen molar-refractivity contribution in [3.63, 3.8) is 0 Å². The molecule has 0 saturated heterocycles. The summed E-state index contributed by atoms with van der Waals surface area (Å²) in [5.41, 5.74) is 1.68. The van der Waals surface area contributed by atoms with E-state index in [2.05, 4.69) is 9.97 Å². The Balaban J connectivity index is 2.63. The van der Waals surface area contributed by atoms with Crippen LogP contribution in [0.25, 0.3) is 11.3 Å². The average molecular weight is 285 g/mol. The number of nitrogens with one attached hydrogen (secondary N) is 1. The molecular weight excluding hydrogens is 275 g/mol. The van der Waals surface area contributed by atoms with E-state index in [1.807, 2.05) is 13.0 Å². The van der Waals surface area contributed by atoms with Crippen LogP contribution in [0.2, 0.25) is 10.0 Å². The third kappa shape index (κ3) is 2.86. The summed E-state index contributed by atoms with van der Waals surface area (Å²) in [6.07, 6.45) is 0.787. The highest BCUT2D eigenvalue weighted by molar-refractivity contribution is 7.71. The van der Waals surface area contributed by atoms with Gasteiger partial charge in [0.25, 0.3) is 0 Å². The van der Waals surface area contributed by atoms with Crippen LogP contribution in [0.4, 0.5) is 0 Å². The molecule has 2 rings (SSSR count). The van der Waals surface area contributed by atoms with Crippen LogP contribution in [0.1, 0.15) is 12.7 Å². The summed E-state index contributed by atoms with van der Waals surface area (Å²) in [6, 6.07) is 7.11. The number of H-pyrrole nitrogens is 1. The Kier molecular flexibility index (Phi) is 3.82. The van der Waals surface area contributed by atoms with Crippen molar-refractivity contribution in [3.8, 4) is 11.3 Å². The molecule has 88 valence electrons. The summed E-state index contributed by atoms with van der Waals surface area (Å²) in [7, 11) is 0. The Morgan fingerprint density at radius 1 is 1.29 bits per heavy atom. The number of aromatic amines is 1. The molecule has 0 aliphatic rings. The van der Waals surface area contributed by atoms with Crippen molar-refractivity contribution in [1.82, 2.24) is 9.97 Å². The zero-order valence-electron chi connectivity index (χ0n) is 9.13.